The topological polar surface area (TPSA) is 17.1 Å². The minimum atomic E-state index is 0.216. The van der Waals surface area contributed by atoms with Gasteiger partial charge in [0.1, 0.15) is 5.78 Å². The summed E-state index contributed by atoms with van der Waals surface area (Å²) in [6, 6.07) is 0. The van der Waals surface area contributed by atoms with Gasteiger partial charge in [0.15, 0.2) is 0 Å². The highest BCUT2D eigenvalue weighted by molar-refractivity contribution is 5.89. The highest BCUT2D eigenvalue weighted by Crippen LogP contribution is 2.38. The first-order chi connectivity index (χ1) is 7.33. The highest BCUT2D eigenvalue weighted by atomic mass is 16.1. The minimum Gasteiger partial charge on any atom is -0.299 e. The van der Waals surface area contributed by atoms with Crippen LogP contribution in [0.25, 0.3) is 0 Å². The van der Waals surface area contributed by atoms with Gasteiger partial charge in [0.05, 0.1) is 0 Å². The summed E-state index contributed by atoms with van der Waals surface area (Å²) >= 11 is 0. The number of carbonyl (C=O) groups excluding carboxylic acids is 1. The van der Waals surface area contributed by atoms with Crippen molar-refractivity contribution in [3.05, 3.63) is 12.2 Å². The van der Waals surface area contributed by atoms with Crippen LogP contribution in [0.3, 0.4) is 0 Å². The van der Waals surface area contributed by atoms with Crippen LogP contribution in [-0.4, -0.2) is 5.78 Å². The Morgan fingerprint density at radius 1 is 1.40 bits per heavy atom. The van der Waals surface area contributed by atoms with Crippen LogP contribution in [0.15, 0.2) is 12.2 Å². The summed E-state index contributed by atoms with van der Waals surface area (Å²) in [5.74, 6) is 7.56. The van der Waals surface area contributed by atoms with Crippen molar-refractivity contribution < 1.29 is 4.79 Å². The summed E-state index contributed by atoms with van der Waals surface area (Å²) in [7, 11) is 0. The molecule has 0 aromatic rings. The zero-order chi connectivity index (χ0) is 10.7. The Kier molecular flexibility index (Phi) is 3.26. The number of unbranched alkanes of at least 4 members (excludes halogenated alkanes) is 2. The van der Waals surface area contributed by atoms with Gasteiger partial charge in [-0.15, -0.1) is 5.92 Å². The maximum atomic E-state index is 11.8. The van der Waals surface area contributed by atoms with Crippen LogP contribution in [0.5, 0.6) is 0 Å². The maximum absolute atomic E-state index is 11.8. The molecule has 0 unspecified atom stereocenters. The normalized spacial score (nSPS) is 32.6. The van der Waals surface area contributed by atoms with Gasteiger partial charge in [0, 0.05) is 24.2 Å². The van der Waals surface area contributed by atoms with E-state index in [0.29, 0.717) is 5.78 Å². The molecule has 0 spiro atoms. The summed E-state index contributed by atoms with van der Waals surface area (Å²) in [5, 5.41) is 0. The lowest BCUT2D eigenvalue weighted by molar-refractivity contribution is -0.123. The molecule has 15 heavy (non-hydrogen) atoms. The van der Waals surface area contributed by atoms with Crippen molar-refractivity contribution in [2.75, 3.05) is 0 Å². The lowest BCUT2D eigenvalue weighted by Crippen LogP contribution is -2.23. The fraction of sp³-hybridized carbons (Fsp3) is 0.643. The molecule has 80 valence electrons. The predicted octanol–water partition coefficient (Wildman–Crippen LogP) is 2.96. The third-order valence-electron chi connectivity index (χ3n) is 3.43. The molecule has 0 aromatic carbocycles. The van der Waals surface area contributed by atoms with Gasteiger partial charge in [0.25, 0.3) is 0 Å². The number of Topliss-reactive ketones (excluding diaryl/α,β-unsaturated/α-hetero) is 1. The van der Waals surface area contributed by atoms with Crippen molar-refractivity contribution >= 4 is 5.78 Å². The molecule has 3 atom stereocenters. The number of rotatable bonds is 2. The molecule has 1 saturated carbocycles. The first kappa shape index (κ1) is 10.5. The standard InChI is InChI=1S/C14H18O/c1-2-3-4-5-6-11-7-8-12-9-10-13(11)14(12)15/h7-8,11-13H,2-4,9-10H2,1H3/t11-,12-,13-/m0/s1. The second-order valence-corrected chi connectivity index (χ2v) is 4.53. The highest BCUT2D eigenvalue weighted by Gasteiger charge is 2.39. The number of hydrogen-bond acceptors (Lipinski definition) is 1. The van der Waals surface area contributed by atoms with E-state index in [1.807, 2.05) is 0 Å². The summed E-state index contributed by atoms with van der Waals surface area (Å²) < 4.78 is 0. The van der Waals surface area contributed by atoms with E-state index in [1.165, 1.54) is 12.8 Å². The summed E-state index contributed by atoms with van der Waals surface area (Å²) in [5.41, 5.74) is 0. The number of allylic oxidation sites excluding steroid dienone is 2. The molecule has 2 aliphatic rings. The molecule has 2 rings (SSSR count). The largest absolute Gasteiger partial charge is 0.299 e. The first-order valence-electron chi connectivity index (χ1n) is 6.03. The Hall–Kier alpha value is -1.03. The van der Waals surface area contributed by atoms with Crippen LogP contribution in [-0.2, 0) is 4.79 Å². The van der Waals surface area contributed by atoms with Crippen molar-refractivity contribution in [3.8, 4) is 11.8 Å². The van der Waals surface area contributed by atoms with Crippen LogP contribution in [0.4, 0.5) is 0 Å². The van der Waals surface area contributed by atoms with Gasteiger partial charge in [-0.2, -0.15) is 0 Å². The molecule has 0 heterocycles. The molecule has 0 aromatic heterocycles. The molecule has 1 fully saturated rings. The van der Waals surface area contributed by atoms with Crippen LogP contribution in [0, 0.1) is 29.6 Å². The van der Waals surface area contributed by atoms with E-state index in [4.69, 9.17) is 0 Å². The molecule has 1 heteroatoms. The number of carbonyl (C=O) groups is 1. The lowest BCUT2D eigenvalue weighted by Gasteiger charge is -2.17. The number of ketones is 1. The van der Waals surface area contributed by atoms with Crippen molar-refractivity contribution in [1.29, 1.82) is 0 Å². The van der Waals surface area contributed by atoms with Crippen LogP contribution in [0.1, 0.15) is 39.0 Å². The number of hydrogen-bond donors (Lipinski definition) is 0. The summed E-state index contributed by atoms with van der Waals surface area (Å²) in [4.78, 5) is 11.8. The van der Waals surface area contributed by atoms with Crippen LogP contribution >= 0.6 is 0 Å². The summed E-state index contributed by atoms with van der Waals surface area (Å²) in [6.07, 6.45) is 9.67. The summed E-state index contributed by atoms with van der Waals surface area (Å²) in [6.45, 7) is 2.17. The average molecular weight is 202 g/mol. The van der Waals surface area contributed by atoms with Crippen LogP contribution in [0.2, 0.25) is 0 Å². The molecule has 0 amide bonds. The molecule has 0 saturated heterocycles. The van der Waals surface area contributed by atoms with Crippen molar-refractivity contribution in [1.82, 2.24) is 0 Å². The van der Waals surface area contributed by atoms with Gasteiger partial charge in [0.2, 0.25) is 0 Å². The van der Waals surface area contributed by atoms with Gasteiger partial charge in [-0.05, 0) is 19.3 Å². The smallest absolute Gasteiger partial charge is 0.144 e. The van der Waals surface area contributed by atoms with E-state index < -0.39 is 0 Å². The Labute approximate surface area is 91.9 Å². The van der Waals surface area contributed by atoms with E-state index in [9.17, 15) is 4.79 Å². The zero-order valence-electron chi connectivity index (χ0n) is 9.33. The molecule has 0 radical (unpaired) electrons. The first-order valence-corrected chi connectivity index (χ1v) is 6.03. The Balaban J connectivity index is 1.98. The van der Waals surface area contributed by atoms with E-state index in [-0.39, 0.29) is 17.8 Å². The molecular formula is C14H18O. The molecule has 2 bridgehead atoms. The van der Waals surface area contributed by atoms with E-state index in [1.54, 1.807) is 0 Å². The molecule has 2 aliphatic carbocycles. The molecule has 1 nitrogen and oxygen atoms in total. The third-order valence-corrected chi connectivity index (χ3v) is 3.43. The van der Waals surface area contributed by atoms with Crippen molar-refractivity contribution in [2.45, 2.75) is 39.0 Å². The fourth-order valence-corrected chi connectivity index (χ4v) is 2.46. The van der Waals surface area contributed by atoms with E-state index in [0.717, 1.165) is 19.3 Å². The Morgan fingerprint density at radius 3 is 3.07 bits per heavy atom. The zero-order valence-corrected chi connectivity index (χ0v) is 9.33. The quantitative estimate of drug-likeness (QED) is 0.382. The molecule has 0 N–H and O–H groups in total. The second kappa shape index (κ2) is 4.66. The number of fused-ring (bicyclic) bond motifs is 2. The van der Waals surface area contributed by atoms with Crippen molar-refractivity contribution in [3.63, 3.8) is 0 Å². The minimum absolute atomic E-state index is 0.216. The lowest BCUT2D eigenvalue weighted by atomic mass is 9.84. The average Bonchev–Trinajstić information content (AvgIpc) is 2.50. The fourth-order valence-electron chi connectivity index (χ4n) is 2.46. The monoisotopic (exact) mass is 202 g/mol. The second-order valence-electron chi connectivity index (χ2n) is 4.53. The SMILES string of the molecule is CCCCC#C[C@H]1C=C[C@H]2CC[C@@H]1C2=O. The molecular weight excluding hydrogens is 184 g/mol. The Bertz CT molecular complexity index is 329. The van der Waals surface area contributed by atoms with E-state index >= 15 is 0 Å². The Morgan fingerprint density at radius 2 is 2.27 bits per heavy atom. The van der Waals surface area contributed by atoms with Gasteiger partial charge in [-0.25, -0.2) is 0 Å². The van der Waals surface area contributed by atoms with Gasteiger partial charge in [-0.1, -0.05) is 31.4 Å². The third kappa shape index (κ3) is 2.15. The molecule has 0 aliphatic heterocycles. The van der Waals surface area contributed by atoms with Gasteiger partial charge < -0.3 is 0 Å². The predicted molar refractivity (Wildman–Crippen MR) is 61.2 cm³/mol. The van der Waals surface area contributed by atoms with E-state index in [2.05, 4.69) is 30.9 Å². The van der Waals surface area contributed by atoms with Crippen molar-refractivity contribution in [2.24, 2.45) is 17.8 Å². The van der Waals surface area contributed by atoms with Crippen LogP contribution < -0.4 is 0 Å². The maximum Gasteiger partial charge on any atom is 0.144 e. The van der Waals surface area contributed by atoms with Gasteiger partial charge in [-0.3, -0.25) is 4.79 Å². The van der Waals surface area contributed by atoms with Gasteiger partial charge >= 0.3 is 0 Å².